The fourth-order valence-corrected chi connectivity index (χ4v) is 6.28. The third-order valence-electron chi connectivity index (χ3n) is 7.22. The second-order valence-corrected chi connectivity index (χ2v) is 10.7. The molecule has 0 saturated heterocycles. The Bertz CT molecular complexity index is 1470. The summed E-state index contributed by atoms with van der Waals surface area (Å²) in [4.78, 5) is 36.7. The molecular formula is C30H34N4O3S. The summed E-state index contributed by atoms with van der Waals surface area (Å²) in [6.07, 6.45) is 4.13. The quantitative estimate of drug-likeness (QED) is 0.280. The van der Waals surface area contributed by atoms with Crippen LogP contribution in [0.25, 0.3) is 10.2 Å². The van der Waals surface area contributed by atoms with E-state index in [9.17, 15) is 9.59 Å². The number of fused-ring (bicyclic) bond motifs is 3. The molecule has 0 radical (unpaired) electrons. The minimum Gasteiger partial charge on any atom is -0.457 e. The molecule has 0 bridgehead atoms. The van der Waals surface area contributed by atoms with Gasteiger partial charge in [0.05, 0.1) is 11.9 Å². The van der Waals surface area contributed by atoms with Crippen LogP contribution in [0.5, 0.6) is 11.5 Å². The summed E-state index contributed by atoms with van der Waals surface area (Å²) in [5.74, 6) is 1.81. The number of anilines is 1. The van der Waals surface area contributed by atoms with Gasteiger partial charge in [-0.2, -0.15) is 0 Å². The molecule has 198 valence electrons. The molecule has 1 atom stereocenters. The number of thiophene rings is 1. The summed E-state index contributed by atoms with van der Waals surface area (Å²) in [5, 5.41) is 3.68. The first-order valence-electron chi connectivity index (χ1n) is 13.4. The molecule has 1 N–H and O–H groups in total. The molecule has 0 spiro atoms. The molecule has 1 amide bonds. The molecule has 1 unspecified atom stereocenters. The third kappa shape index (κ3) is 5.37. The summed E-state index contributed by atoms with van der Waals surface area (Å²) in [5.41, 5.74) is 1.67. The average Bonchev–Trinajstić information content (AvgIpc) is 3.31. The topological polar surface area (TPSA) is 76.5 Å². The summed E-state index contributed by atoms with van der Waals surface area (Å²) in [7, 11) is 0. The van der Waals surface area contributed by atoms with E-state index in [0.717, 1.165) is 54.9 Å². The Labute approximate surface area is 227 Å². The van der Waals surface area contributed by atoms with Gasteiger partial charge in [0, 0.05) is 10.6 Å². The molecule has 2 aromatic carbocycles. The number of ether oxygens (including phenoxy) is 1. The van der Waals surface area contributed by atoms with Gasteiger partial charge in [0.25, 0.3) is 5.56 Å². The first kappa shape index (κ1) is 26.1. The molecule has 0 fully saturated rings. The van der Waals surface area contributed by atoms with E-state index in [-0.39, 0.29) is 11.5 Å². The van der Waals surface area contributed by atoms with Crippen molar-refractivity contribution < 1.29 is 9.53 Å². The van der Waals surface area contributed by atoms with Crippen LogP contribution in [0.4, 0.5) is 5.69 Å². The molecule has 1 aliphatic rings. The smallest absolute Gasteiger partial charge is 0.263 e. The maximum atomic E-state index is 14.0. The molecule has 2 aromatic heterocycles. The summed E-state index contributed by atoms with van der Waals surface area (Å²) >= 11 is 1.65. The zero-order chi connectivity index (χ0) is 26.6. The number of carbonyl (C=O) groups excluding carboxylic acids is 1. The van der Waals surface area contributed by atoms with Crippen molar-refractivity contribution in [2.45, 2.75) is 59.0 Å². The van der Waals surface area contributed by atoms with Crippen molar-refractivity contribution in [1.82, 2.24) is 14.5 Å². The van der Waals surface area contributed by atoms with Crippen molar-refractivity contribution in [2.24, 2.45) is 0 Å². The van der Waals surface area contributed by atoms with E-state index >= 15 is 0 Å². The predicted octanol–water partition coefficient (Wildman–Crippen LogP) is 6.17. The van der Waals surface area contributed by atoms with Crippen molar-refractivity contribution >= 4 is 33.1 Å². The molecule has 38 heavy (non-hydrogen) atoms. The minimum atomic E-state index is -0.718. The molecule has 5 rings (SSSR count). The zero-order valence-electron chi connectivity index (χ0n) is 22.2. The van der Waals surface area contributed by atoms with E-state index in [1.165, 1.54) is 4.88 Å². The van der Waals surface area contributed by atoms with Gasteiger partial charge in [-0.1, -0.05) is 32.0 Å². The number of amides is 1. The largest absolute Gasteiger partial charge is 0.457 e. The summed E-state index contributed by atoms with van der Waals surface area (Å²) in [6, 6.07) is 16.1. The molecule has 2 heterocycles. The summed E-state index contributed by atoms with van der Waals surface area (Å²) in [6.45, 7) is 8.16. The maximum absolute atomic E-state index is 14.0. The lowest BCUT2D eigenvalue weighted by molar-refractivity contribution is -0.119. The van der Waals surface area contributed by atoms with Gasteiger partial charge < -0.3 is 10.1 Å². The second kappa shape index (κ2) is 11.5. The highest BCUT2D eigenvalue weighted by molar-refractivity contribution is 7.18. The van der Waals surface area contributed by atoms with Crippen LogP contribution < -0.4 is 15.6 Å². The first-order valence-corrected chi connectivity index (χ1v) is 14.2. The van der Waals surface area contributed by atoms with Crippen LogP contribution in [-0.2, 0) is 24.2 Å². The molecule has 0 aliphatic heterocycles. The van der Waals surface area contributed by atoms with E-state index in [1.807, 2.05) is 42.5 Å². The van der Waals surface area contributed by atoms with Gasteiger partial charge in [0.1, 0.15) is 28.2 Å². The molecule has 8 heteroatoms. The van der Waals surface area contributed by atoms with Crippen LogP contribution in [0, 0.1) is 0 Å². The highest BCUT2D eigenvalue weighted by atomic mass is 32.1. The number of rotatable bonds is 9. The van der Waals surface area contributed by atoms with Gasteiger partial charge >= 0.3 is 0 Å². The first-order chi connectivity index (χ1) is 18.5. The van der Waals surface area contributed by atoms with Crippen LogP contribution in [0.15, 0.2) is 59.4 Å². The number of aryl methyl sites for hydroxylation is 2. The lowest BCUT2D eigenvalue weighted by Gasteiger charge is -2.23. The average molecular weight is 531 g/mol. The molecule has 7 nitrogen and oxygen atoms in total. The van der Waals surface area contributed by atoms with Crippen molar-refractivity contribution in [2.75, 3.05) is 18.4 Å². The Morgan fingerprint density at radius 3 is 2.45 bits per heavy atom. The van der Waals surface area contributed by atoms with Crippen LogP contribution in [-0.4, -0.2) is 33.4 Å². The van der Waals surface area contributed by atoms with E-state index in [0.29, 0.717) is 29.2 Å². The Kier molecular flexibility index (Phi) is 7.90. The van der Waals surface area contributed by atoms with Crippen molar-refractivity contribution in [3.63, 3.8) is 0 Å². The Balaban J connectivity index is 1.43. The third-order valence-corrected chi connectivity index (χ3v) is 8.41. The SMILES string of the molecule is CCN(CC)Cc1nc2sc3c(c2c(=O)n1C(C)C(=O)Nc1ccc(Oc2ccccc2)cc1)CCCC3. The Morgan fingerprint density at radius 2 is 1.74 bits per heavy atom. The molecular weight excluding hydrogens is 496 g/mol. The number of benzene rings is 2. The Hall–Kier alpha value is -3.49. The maximum Gasteiger partial charge on any atom is 0.263 e. The number of aromatic nitrogens is 2. The number of carbonyl (C=O) groups is 1. The number of hydrogen-bond donors (Lipinski definition) is 1. The second-order valence-electron chi connectivity index (χ2n) is 9.66. The van der Waals surface area contributed by atoms with Gasteiger partial charge in [-0.15, -0.1) is 11.3 Å². The number of nitrogens with one attached hydrogen (secondary N) is 1. The lowest BCUT2D eigenvalue weighted by Crippen LogP contribution is -2.37. The highest BCUT2D eigenvalue weighted by Crippen LogP contribution is 2.34. The van der Waals surface area contributed by atoms with Crippen molar-refractivity contribution in [1.29, 1.82) is 0 Å². The fourth-order valence-electron chi connectivity index (χ4n) is 5.01. The highest BCUT2D eigenvalue weighted by Gasteiger charge is 2.27. The Morgan fingerprint density at radius 1 is 1.05 bits per heavy atom. The van der Waals surface area contributed by atoms with Crippen LogP contribution in [0.2, 0.25) is 0 Å². The number of hydrogen-bond acceptors (Lipinski definition) is 6. The lowest BCUT2D eigenvalue weighted by atomic mass is 9.97. The van der Waals surface area contributed by atoms with Gasteiger partial charge in [-0.05, 0) is 87.7 Å². The number of nitrogens with zero attached hydrogens (tertiary/aromatic N) is 3. The van der Waals surface area contributed by atoms with Crippen LogP contribution in [0.1, 0.15) is 55.9 Å². The molecule has 4 aromatic rings. The van der Waals surface area contributed by atoms with Crippen LogP contribution in [0.3, 0.4) is 0 Å². The fraction of sp³-hybridized carbons (Fsp3) is 0.367. The summed E-state index contributed by atoms with van der Waals surface area (Å²) < 4.78 is 7.47. The van der Waals surface area contributed by atoms with Gasteiger partial charge in [-0.25, -0.2) is 4.98 Å². The normalized spacial score (nSPS) is 13.9. The number of para-hydroxylation sites is 1. The van der Waals surface area contributed by atoms with Crippen LogP contribution >= 0.6 is 11.3 Å². The van der Waals surface area contributed by atoms with E-state index < -0.39 is 6.04 Å². The van der Waals surface area contributed by atoms with Crippen molar-refractivity contribution in [3.05, 3.63) is 81.2 Å². The van der Waals surface area contributed by atoms with Crippen molar-refractivity contribution in [3.8, 4) is 11.5 Å². The predicted molar refractivity (Wildman–Crippen MR) is 153 cm³/mol. The van der Waals surface area contributed by atoms with E-state index in [2.05, 4.69) is 24.1 Å². The standard InChI is InChI=1S/C30H34N4O3S/c1-4-33(5-2)19-26-32-29-27(24-13-9-10-14-25(24)38-29)30(36)34(26)20(3)28(35)31-21-15-17-23(18-16-21)37-22-11-7-6-8-12-22/h6-8,11-12,15-18,20H,4-5,9-10,13-14,19H2,1-3H3,(H,31,35). The molecule has 1 aliphatic carbocycles. The monoisotopic (exact) mass is 530 g/mol. The van der Waals surface area contributed by atoms with Gasteiger partial charge in [0.2, 0.25) is 5.91 Å². The molecule has 0 saturated carbocycles. The van der Waals surface area contributed by atoms with Gasteiger partial charge in [0.15, 0.2) is 0 Å². The minimum absolute atomic E-state index is 0.106. The van der Waals surface area contributed by atoms with Gasteiger partial charge in [-0.3, -0.25) is 19.1 Å². The van der Waals surface area contributed by atoms with E-state index in [4.69, 9.17) is 9.72 Å². The zero-order valence-corrected chi connectivity index (χ0v) is 23.0. The van der Waals surface area contributed by atoms with E-state index in [1.54, 1.807) is 35.0 Å².